The van der Waals surface area contributed by atoms with E-state index in [0.29, 0.717) is 45.2 Å². The lowest BCUT2D eigenvalue weighted by molar-refractivity contribution is -0.121. The summed E-state index contributed by atoms with van der Waals surface area (Å²) >= 11 is 0. The molecule has 1 saturated carbocycles. The second kappa shape index (κ2) is 9.66. The maximum absolute atomic E-state index is 12.7. The van der Waals surface area contributed by atoms with Crippen LogP contribution in [0.1, 0.15) is 49.7 Å². The van der Waals surface area contributed by atoms with Gasteiger partial charge in [-0.1, -0.05) is 49.9 Å². The predicted octanol–water partition coefficient (Wildman–Crippen LogP) is 2.44. The van der Waals surface area contributed by atoms with E-state index in [-0.39, 0.29) is 11.7 Å². The van der Waals surface area contributed by atoms with Crippen molar-refractivity contribution in [3.05, 3.63) is 35.4 Å². The maximum atomic E-state index is 12.7. The molecule has 0 bridgehead atoms. The fraction of sp³-hybridized carbons (Fsp3) is 0.650. The molecular formula is C20H30N2O4S. The number of carbonyl (C=O) groups excluding carboxylic acids is 1. The van der Waals surface area contributed by atoms with Crippen LogP contribution in [0.25, 0.3) is 0 Å². The Hall–Kier alpha value is -1.44. The molecule has 150 valence electrons. The molecule has 1 aliphatic heterocycles. The number of nitrogens with one attached hydrogen (secondary N) is 1. The van der Waals surface area contributed by atoms with Gasteiger partial charge in [-0.15, -0.1) is 0 Å². The Morgan fingerprint density at radius 3 is 2.48 bits per heavy atom. The van der Waals surface area contributed by atoms with Gasteiger partial charge in [-0.25, -0.2) is 8.42 Å². The van der Waals surface area contributed by atoms with Gasteiger partial charge in [0, 0.05) is 26.1 Å². The SMILES string of the molecule is O=C(CCC1CCCC1)NCc1ccccc1CS(=O)(=O)N1CCOCC1. The molecule has 7 heteroatoms. The second-order valence-corrected chi connectivity index (χ2v) is 9.47. The number of hydrogen-bond acceptors (Lipinski definition) is 4. The van der Waals surface area contributed by atoms with Crippen molar-refractivity contribution in [2.75, 3.05) is 26.3 Å². The molecule has 1 aromatic rings. The molecule has 1 amide bonds. The van der Waals surface area contributed by atoms with Crippen molar-refractivity contribution in [3.63, 3.8) is 0 Å². The molecule has 1 saturated heterocycles. The molecule has 1 heterocycles. The maximum Gasteiger partial charge on any atom is 0.220 e. The number of hydrogen-bond donors (Lipinski definition) is 1. The first kappa shape index (κ1) is 20.3. The summed E-state index contributed by atoms with van der Waals surface area (Å²) in [4.78, 5) is 12.2. The standard InChI is InChI=1S/C20H30N2O4S/c23-20(10-9-17-5-1-2-6-17)21-15-18-7-3-4-8-19(18)16-27(24,25)22-11-13-26-14-12-22/h3-4,7-8,17H,1-2,5-6,9-16H2,(H,21,23). The largest absolute Gasteiger partial charge is 0.379 e. The van der Waals surface area contributed by atoms with Gasteiger partial charge in [-0.3, -0.25) is 4.79 Å². The van der Waals surface area contributed by atoms with Crippen LogP contribution in [-0.2, 0) is 31.9 Å². The molecule has 3 rings (SSSR count). The highest BCUT2D eigenvalue weighted by Gasteiger charge is 2.25. The summed E-state index contributed by atoms with van der Waals surface area (Å²) in [6.45, 7) is 2.07. The van der Waals surface area contributed by atoms with Crippen LogP contribution >= 0.6 is 0 Å². The molecule has 6 nitrogen and oxygen atoms in total. The number of benzene rings is 1. The normalized spacial score (nSPS) is 19.3. The van der Waals surface area contributed by atoms with E-state index in [2.05, 4.69) is 5.32 Å². The molecule has 1 N–H and O–H groups in total. The molecule has 2 aliphatic rings. The van der Waals surface area contributed by atoms with Gasteiger partial charge in [0.2, 0.25) is 15.9 Å². The van der Waals surface area contributed by atoms with Crippen molar-refractivity contribution in [1.29, 1.82) is 0 Å². The van der Waals surface area contributed by atoms with Crippen LogP contribution in [-0.4, -0.2) is 44.9 Å². The Kier molecular flexibility index (Phi) is 7.26. The summed E-state index contributed by atoms with van der Waals surface area (Å²) in [6.07, 6.45) is 6.58. The fourth-order valence-electron chi connectivity index (χ4n) is 3.90. The number of sulfonamides is 1. The highest BCUT2D eigenvalue weighted by Crippen LogP contribution is 2.28. The second-order valence-electron chi connectivity index (χ2n) is 7.50. The van der Waals surface area contributed by atoms with Crippen LogP contribution in [0, 0.1) is 5.92 Å². The molecule has 0 spiro atoms. The fourth-order valence-corrected chi connectivity index (χ4v) is 5.46. The van der Waals surface area contributed by atoms with E-state index in [0.717, 1.165) is 17.5 Å². The third-order valence-electron chi connectivity index (χ3n) is 5.55. The van der Waals surface area contributed by atoms with Gasteiger partial charge in [-0.2, -0.15) is 4.31 Å². The Morgan fingerprint density at radius 2 is 1.78 bits per heavy atom. The Morgan fingerprint density at radius 1 is 1.11 bits per heavy atom. The summed E-state index contributed by atoms with van der Waals surface area (Å²) in [5.41, 5.74) is 1.61. The van der Waals surface area contributed by atoms with E-state index in [1.807, 2.05) is 24.3 Å². The number of amides is 1. The van der Waals surface area contributed by atoms with Crippen LogP contribution in [0.15, 0.2) is 24.3 Å². The third-order valence-corrected chi connectivity index (χ3v) is 7.38. The lowest BCUT2D eigenvalue weighted by Crippen LogP contribution is -2.41. The summed E-state index contributed by atoms with van der Waals surface area (Å²) in [5.74, 6) is 0.704. The van der Waals surface area contributed by atoms with Crippen molar-refractivity contribution in [2.24, 2.45) is 5.92 Å². The smallest absolute Gasteiger partial charge is 0.220 e. The zero-order valence-electron chi connectivity index (χ0n) is 15.9. The summed E-state index contributed by atoms with van der Waals surface area (Å²) < 4.78 is 32.1. The number of rotatable bonds is 8. The summed E-state index contributed by atoms with van der Waals surface area (Å²) in [5, 5.41) is 2.96. The molecule has 0 radical (unpaired) electrons. The van der Waals surface area contributed by atoms with Gasteiger partial charge in [0.15, 0.2) is 0 Å². The first-order chi connectivity index (χ1) is 13.0. The molecule has 27 heavy (non-hydrogen) atoms. The average Bonchev–Trinajstić information content (AvgIpc) is 3.20. The van der Waals surface area contributed by atoms with Crippen LogP contribution in [0.2, 0.25) is 0 Å². The lowest BCUT2D eigenvalue weighted by Gasteiger charge is -2.26. The Labute approximate surface area is 162 Å². The molecule has 0 aromatic heterocycles. The summed E-state index contributed by atoms with van der Waals surface area (Å²) in [7, 11) is -3.38. The first-order valence-electron chi connectivity index (χ1n) is 9.93. The third kappa shape index (κ3) is 6.02. The van der Waals surface area contributed by atoms with Gasteiger partial charge in [-0.05, 0) is 23.5 Å². The van der Waals surface area contributed by atoms with Crippen molar-refractivity contribution in [2.45, 2.75) is 50.8 Å². The van der Waals surface area contributed by atoms with E-state index in [1.54, 1.807) is 0 Å². The van der Waals surface area contributed by atoms with Crippen molar-refractivity contribution >= 4 is 15.9 Å². The van der Waals surface area contributed by atoms with Crippen molar-refractivity contribution in [1.82, 2.24) is 9.62 Å². The van der Waals surface area contributed by atoms with E-state index >= 15 is 0 Å². The molecule has 1 aliphatic carbocycles. The lowest BCUT2D eigenvalue weighted by atomic mass is 10.0. The minimum absolute atomic E-state index is 0.0406. The monoisotopic (exact) mass is 394 g/mol. The Balaban J connectivity index is 1.54. The van der Waals surface area contributed by atoms with Crippen molar-refractivity contribution < 1.29 is 17.9 Å². The zero-order valence-corrected chi connectivity index (χ0v) is 16.7. The summed E-state index contributed by atoms with van der Waals surface area (Å²) in [6, 6.07) is 7.44. The van der Waals surface area contributed by atoms with E-state index in [1.165, 1.54) is 30.0 Å². The highest BCUT2D eigenvalue weighted by atomic mass is 32.2. The number of carbonyl (C=O) groups is 1. The first-order valence-corrected chi connectivity index (χ1v) is 11.5. The average molecular weight is 395 g/mol. The molecule has 2 fully saturated rings. The van der Waals surface area contributed by atoms with E-state index in [4.69, 9.17) is 4.74 Å². The zero-order chi connectivity index (χ0) is 19.1. The number of morpholine rings is 1. The van der Waals surface area contributed by atoms with Crippen LogP contribution in [0.3, 0.4) is 0 Å². The van der Waals surface area contributed by atoms with Crippen LogP contribution < -0.4 is 5.32 Å². The predicted molar refractivity (Wildman–Crippen MR) is 104 cm³/mol. The number of ether oxygens (including phenoxy) is 1. The highest BCUT2D eigenvalue weighted by molar-refractivity contribution is 7.88. The topological polar surface area (TPSA) is 75.7 Å². The molecule has 0 unspecified atom stereocenters. The van der Waals surface area contributed by atoms with Crippen molar-refractivity contribution in [3.8, 4) is 0 Å². The minimum Gasteiger partial charge on any atom is -0.379 e. The van der Waals surface area contributed by atoms with Gasteiger partial charge in [0.05, 0.1) is 19.0 Å². The van der Waals surface area contributed by atoms with Gasteiger partial charge in [0.25, 0.3) is 0 Å². The van der Waals surface area contributed by atoms with Gasteiger partial charge >= 0.3 is 0 Å². The van der Waals surface area contributed by atoms with Crippen LogP contribution in [0.5, 0.6) is 0 Å². The van der Waals surface area contributed by atoms with Gasteiger partial charge < -0.3 is 10.1 Å². The molecular weight excluding hydrogens is 364 g/mol. The molecule has 0 atom stereocenters. The molecule has 1 aromatic carbocycles. The quantitative estimate of drug-likeness (QED) is 0.735. The van der Waals surface area contributed by atoms with E-state index < -0.39 is 10.0 Å². The van der Waals surface area contributed by atoms with E-state index in [9.17, 15) is 13.2 Å². The Bertz CT molecular complexity index is 723. The minimum atomic E-state index is -3.38. The number of nitrogens with zero attached hydrogens (tertiary/aromatic N) is 1. The van der Waals surface area contributed by atoms with Gasteiger partial charge in [0.1, 0.15) is 0 Å². The van der Waals surface area contributed by atoms with Crippen LogP contribution in [0.4, 0.5) is 0 Å².